The van der Waals surface area contributed by atoms with Crippen LogP contribution in [0.15, 0.2) is 23.1 Å². The van der Waals surface area contributed by atoms with Crippen LogP contribution in [0.1, 0.15) is 39.7 Å². The molecule has 7 nitrogen and oxygen atoms in total. The molecule has 0 saturated carbocycles. The van der Waals surface area contributed by atoms with Gasteiger partial charge in [0.2, 0.25) is 21.8 Å². The first-order chi connectivity index (χ1) is 12.1. The fourth-order valence-corrected chi connectivity index (χ4v) is 4.32. The van der Waals surface area contributed by atoms with Crippen molar-refractivity contribution >= 4 is 27.5 Å². The average molecular weight is 381 g/mol. The summed E-state index contributed by atoms with van der Waals surface area (Å²) in [6.07, 6.45) is 1.38. The quantitative estimate of drug-likeness (QED) is 0.809. The standard InChI is InChI=1S/C18H27N3O4S/c1-6-12(2)19-18(23)11-20(5)26(24,25)16-7-8-17-15(10-16)9-13(3)21(17)14(4)22/h7-8,10,12-13H,6,9,11H2,1-5H3,(H,19,23)/t12-,13-/m0/s1. The van der Waals surface area contributed by atoms with Crippen LogP contribution < -0.4 is 10.2 Å². The molecule has 0 unspecified atom stereocenters. The molecule has 0 aromatic heterocycles. The van der Waals surface area contributed by atoms with Gasteiger partial charge in [-0.15, -0.1) is 0 Å². The van der Waals surface area contributed by atoms with Crippen LogP contribution in [0, 0.1) is 0 Å². The molecule has 0 radical (unpaired) electrons. The van der Waals surface area contributed by atoms with Crippen molar-refractivity contribution in [3.05, 3.63) is 23.8 Å². The molecule has 2 rings (SSSR count). The number of amides is 2. The summed E-state index contributed by atoms with van der Waals surface area (Å²) < 4.78 is 26.6. The van der Waals surface area contributed by atoms with Gasteiger partial charge in [0.1, 0.15) is 0 Å². The van der Waals surface area contributed by atoms with Gasteiger partial charge in [-0.05, 0) is 50.5 Å². The molecule has 8 heteroatoms. The number of likely N-dealkylation sites (N-methyl/N-ethyl adjacent to an activating group) is 1. The van der Waals surface area contributed by atoms with Crippen LogP contribution in [-0.4, -0.2) is 50.2 Å². The van der Waals surface area contributed by atoms with Crippen molar-refractivity contribution < 1.29 is 18.0 Å². The Labute approximate surface area is 155 Å². The Balaban J connectivity index is 2.21. The molecule has 0 aliphatic carbocycles. The Morgan fingerprint density at radius 3 is 2.62 bits per heavy atom. The van der Waals surface area contributed by atoms with Crippen LogP contribution in [0.25, 0.3) is 0 Å². The Hall–Kier alpha value is -1.93. The minimum atomic E-state index is -3.78. The van der Waals surface area contributed by atoms with E-state index in [0.717, 1.165) is 22.0 Å². The van der Waals surface area contributed by atoms with Crippen molar-refractivity contribution in [3.8, 4) is 0 Å². The van der Waals surface area contributed by atoms with Crippen LogP contribution in [-0.2, 0) is 26.0 Å². The third kappa shape index (κ3) is 4.07. The van der Waals surface area contributed by atoms with Crippen LogP contribution in [0.3, 0.4) is 0 Å². The van der Waals surface area contributed by atoms with E-state index in [1.54, 1.807) is 17.0 Å². The van der Waals surface area contributed by atoms with Crippen molar-refractivity contribution in [2.45, 2.75) is 57.5 Å². The maximum absolute atomic E-state index is 12.8. The number of nitrogens with one attached hydrogen (secondary N) is 1. The molecule has 0 bridgehead atoms. The first-order valence-corrected chi connectivity index (χ1v) is 10.2. The zero-order valence-corrected chi connectivity index (χ0v) is 16.8. The first-order valence-electron chi connectivity index (χ1n) is 8.76. The number of benzene rings is 1. The lowest BCUT2D eigenvalue weighted by atomic mass is 10.1. The minimum Gasteiger partial charge on any atom is -0.353 e. The summed E-state index contributed by atoms with van der Waals surface area (Å²) in [4.78, 5) is 25.6. The average Bonchev–Trinajstić information content (AvgIpc) is 2.89. The summed E-state index contributed by atoms with van der Waals surface area (Å²) in [7, 11) is -2.39. The minimum absolute atomic E-state index is 0.000470. The van der Waals surface area contributed by atoms with E-state index in [2.05, 4.69) is 5.32 Å². The SMILES string of the molecule is CC[C@H](C)NC(=O)CN(C)S(=O)(=O)c1ccc2c(c1)C[C@H](C)N2C(C)=O. The number of carbonyl (C=O) groups is 2. The topological polar surface area (TPSA) is 86.8 Å². The van der Waals surface area contributed by atoms with Gasteiger partial charge in [-0.25, -0.2) is 8.42 Å². The summed E-state index contributed by atoms with van der Waals surface area (Å²) >= 11 is 0. The summed E-state index contributed by atoms with van der Waals surface area (Å²) in [5.41, 5.74) is 1.58. The van der Waals surface area contributed by atoms with Crippen LogP contribution in [0.4, 0.5) is 5.69 Å². The van der Waals surface area contributed by atoms with Gasteiger partial charge in [0.05, 0.1) is 11.4 Å². The number of carbonyl (C=O) groups excluding carboxylic acids is 2. The number of hydrogen-bond donors (Lipinski definition) is 1. The molecular formula is C18H27N3O4S. The molecule has 1 aliphatic rings. The van der Waals surface area contributed by atoms with Crippen molar-refractivity contribution in [1.29, 1.82) is 0 Å². The van der Waals surface area contributed by atoms with Crippen LogP contribution in [0.2, 0.25) is 0 Å². The van der Waals surface area contributed by atoms with Crippen molar-refractivity contribution in [1.82, 2.24) is 9.62 Å². The number of rotatable bonds is 6. The summed E-state index contributed by atoms with van der Waals surface area (Å²) in [6.45, 7) is 7.01. The Morgan fingerprint density at radius 2 is 2.04 bits per heavy atom. The number of nitrogens with zero attached hydrogens (tertiary/aromatic N) is 2. The lowest BCUT2D eigenvalue weighted by Gasteiger charge is -2.21. The zero-order chi connectivity index (χ0) is 19.6. The fourth-order valence-electron chi connectivity index (χ4n) is 3.14. The van der Waals surface area contributed by atoms with Crippen LogP contribution in [0.5, 0.6) is 0 Å². The molecule has 144 valence electrons. The number of sulfonamides is 1. The molecule has 2 amide bonds. The monoisotopic (exact) mass is 381 g/mol. The largest absolute Gasteiger partial charge is 0.353 e. The maximum atomic E-state index is 12.8. The Kier molecular flexibility index (Phi) is 6.08. The third-order valence-corrected chi connectivity index (χ3v) is 6.50. The second kappa shape index (κ2) is 7.75. The molecule has 2 atom stereocenters. The van der Waals surface area contributed by atoms with Gasteiger partial charge in [0, 0.05) is 31.7 Å². The van der Waals surface area contributed by atoms with Gasteiger partial charge in [0.15, 0.2) is 0 Å². The van der Waals surface area contributed by atoms with Crippen molar-refractivity contribution in [2.24, 2.45) is 0 Å². The number of hydrogen-bond acceptors (Lipinski definition) is 4. The summed E-state index contributed by atoms with van der Waals surface area (Å²) in [5, 5.41) is 2.76. The maximum Gasteiger partial charge on any atom is 0.243 e. The van der Waals surface area contributed by atoms with Gasteiger partial charge in [-0.2, -0.15) is 4.31 Å². The van der Waals surface area contributed by atoms with E-state index in [1.807, 2.05) is 20.8 Å². The molecule has 26 heavy (non-hydrogen) atoms. The molecule has 1 aromatic rings. The highest BCUT2D eigenvalue weighted by atomic mass is 32.2. The van der Waals surface area contributed by atoms with Crippen molar-refractivity contribution in [2.75, 3.05) is 18.5 Å². The lowest BCUT2D eigenvalue weighted by molar-refractivity contribution is -0.121. The highest BCUT2D eigenvalue weighted by molar-refractivity contribution is 7.89. The summed E-state index contributed by atoms with van der Waals surface area (Å²) in [5.74, 6) is -0.395. The van der Waals surface area contributed by atoms with Crippen LogP contribution >= 0.6 is 0 Å². The molecule has 0 saturated heterocycles. The molecule has 1 heterocycles. The highest BCUT2D eigenvalue weighted by Crippen LogP contribution is 2.34. The first kappa shape index (κ1) is 20.4. The predicted octanol–water partition coefficient (Wildman–Crippen LogP) is 1.52. The lowest BCUT2D eigenvalue weighted by Crippen LogP contribution is -2.41. The zero-order valence-electron chi connectivity index (χ0n) is 15.9. The van der Waals surface area contributed by atoms with E-state index >= 15 is 0 Å². The normalized spacial score (nSPS) is 17.9. The van der Waals surface area contributed by atoms with Gasteiger partial charge in [-0.1, -0.05) is 6.92 Å². The molecular weight excluding hydrogens is 354 g/mol. The molecule has 0 spiro atoms. The van der Waals surface area contributed by atoms with E-state index in [4.69, 9.17) is 0 Å². The molecule has 1 aliphatic heterocycles. The predicted molar refractivity (Wildman–Crippen MR) is 100 cm³/mol. The van der Waals surface area contributed by atoms with E-state index in [0.29, 0.717) is 6.42 Å². The van der Waals surface area contributed by atoms with E-state index in [9.17, 15) is 18.0 Å². The second-order valence-corrected chi connectivity index (χ2v) is 8.92. The van der Waals surface area contributed by atoms with Gasteiger partial charge in [0.25, 0.3) is 0 Å². The Bertz CT molecular complexity index is 807. The Morgan fingerprint density at radius 1 is 1.38 bits per heavy atom. The molecule has 1 N–H and O–H groups in total. The van der Waals surface area contributed by atoms with E-state index in [-0.39, 0.29) is 35.3 Å². The smallest absolute Gasteiger partial charge is 0.243 e. The second-order valence-electron chi connectivity index (χ2n) is 6.87. The highest BCUT2D eigenvalue weighted by Gasteiger charge is 2.31. The fraction of sp³-hybridized carbons (Fsp3) is 0.556. The number of fused-ring (bicyclic) bond motifs is 1. The van der Waals surface area contributed by atoms with Gasteiger partial charge < -0.3 is 10.2 Å². The summed E-state index contributed by atoms with van der Waals surface area (Å²) in [6, 6.07) is 4.76. The van der Waals surface area contributed by atoms with E-state index < -0.39 is 10.0 Å². The third-order valence-electron chi connectivity index (χ3n) is 4.70. The van der Waals surface area contributed by atoms with E-state index in [1.165, 1.54) is 20.0 Å². The van der Waals surface area contributed by atoms with Gasteiger partial charge in [-0.3, -0.25) is 9.59 Å². The number of anilines is 1. The molecule has 0 fully saturated rings. The molecule has 1 aromatic carbocycles. The van der Waals surface area contributed by atoms with Crippen molar-refractivity contribution in [3.63, 3.8) is 0 Å². The van der Waals surface area contributed by atoms with Gasteiger partial charge >= 0.3 is 0 Å².